The molecule has 11 heteroatoms. The molecule has 0 saturated carbocycles. The molecule has 0 N–H and O–H groups in total. The monoisotopic (exact) mass is 501 g/mol. The van der Waals surface area contributed by atoms with Gasteiger partial charge in [-0.3, -0.25) is 4.28 Å². The number of nitrogens with zero attached hydrogens (tertiary/aromatic N) is 1. The fourth-order valence-electron chi connectivity index (χ4n) is 2.78. The fourth-order valence-corrected chi connectivity index (χ4v) is 3.81. The quantitative estimate of drug-likeness (QED) is 0.215. The van der Waals surface area contributed by atoms with Gasteiger partial charge in [-0.15, -0.1) is 23.5 Å². The Morgan fingerprint density at radius 2 is 1.44 bits per heavy atom. The van der Waals surface area contributed by atoms with E-state index in [0.717, 1.165) is 9.79 Å². The summed E-state index contributed by atoms with van der Waals surface area (Å²) in [7, 11) is -4.25. The second-order valence-corrected chi connectivity index (χ2v) is 9.84. The minimum absolute atomic E-state index is 0.102. The van der Waals surface area contributed by atoms with Crippen LogP contribution in [-0.2, 0) is 14.4 Å². The van der Waals surface area contributed by atoms with Crippen LogP contribution in [0.5, 0.6) is 0 Å². The van der Waals surface area contributed by atoms with Gasteiger partial charge in [0.1, 0.15) is 11.5 Å². The van der Waals surface area contributed by atoms with Gasteiger partial charge in [0.2, 0.25) is 0 Å². The lowest BCUT2D eigenvalue weighted by Gasteiger charge is -2.10. The molecule has 0 unspecified atom stereocenters. The fraction of sp³-hybridized carbons (Fsp3) is 0.190. The summed E-state index contributed by atoms with van der Waals surface area (Å²) in [5, 5.41) is 2.93. The van der Waals surface area contributed by atoms with E-state index in [1.807, 2.05) is 24.6 Å². The van der Waals surface area contributed by atoms with Crippen molar-refractivity contribution in [2.75, 3.05) is 18.8 Å². The molecule has 0 radical (unpaired) electrons. The maximum absolute atomic E-state index is 13.9. The summed E-state index contributed by atoms with van der Waals surface area (Å²) in [5.74, 6) is 0.0719. The van der Waals surface area contributed by atoms with E-state index in [9.17, 15) is 21.6 Å². The Morgan fingerprint density at radius 1 is 0.938 bits per heavy atom. The number of hydrogen-bond acceptors (Lipinski definition) is 7. The zero-order chi connectivity index (χ0) is 23.5. The zero-order valence-electron chi connectivity index (χ0n) is 17.1. The average molecular weight is 502 g/mol. The molecule has 1 aromatic heterocycles. The molecule has 32 heavy (non-hydrogen) atoms. The van der Waals surface area contributed by atoms with Gasteiger partial charge in [0.15, 0.2) is 5.71 Å². The van der Waals surface area contributed by atoms with Crippen molar-refractivity contribution in [2.45, 2.75) is 16.0 Å². The van der Waals surface area contributed by atoms with Crippen LogP contribution in [-0.4, -0.2) is 39.1 Å². The highest BCUT2D eigenvalue weighted by Crippen LogP contribution is 2.37. The first-order valence-corrected chi connectivity index (χ1v) is 13.3. The van der Waals surface area contributed by atoms with Gasteiger partial charge in [-0.25, -0.2) is 0 Å². The van der Waals surface area contributed by atoms with E-state index in [0.29, 0.717) is 17.4 Å². The smallest absolute Gasteiger partial charge is 0.437 e. The van der Waals surface area contributed by atoms with Crippen molar-refractivity contribution < 1.29 is 30.3 Å². The Labute approximate surface area is 192 Å². The summed E-state index contributed by atoms with van der Waals surface area (Å²) in [6, 6.07) is 15.0. The lowest BCUT2D eigenvalue weighted by atomic mass is 10.0. The van der Waals surface area contributed by atoms with Crippen molar-refractivity contribution in [3.05, 3.63) is 60.2 Å². The van der Waals surface area contributed by atoms with Crippen LogP contribution in [0.4, 0.5) is 13.2 Å². The maximum Gasteiger partial charge on any atom is 0.437 e. The molecule has 170 valence electrons. The maximum atomic E-state index is 13.9. The molecule has 3 rings (SSSR count). The Morgan fingerprint density at radius 3 is 1.88 bits per heavy atom. The number of halogens is 3. The van der Waals surface area contributed by atoms with Gasteiger partial charge in [-0.2, -0.15) is 21.6 Å². The number of benzene rings is 2. The van der Waals surface area contributed by atoms with Crippen LogP contribution in [0.2, 0.25) is 0 Å². The van der Waals surface area contributed by atoms with Crippen molar-refractivity contribution in [2.24, 2.45) is 5.16 Å². The molecule has 2 aromatic carbocycles. The van der Waals surface area contributed by atoms with Gasteiger partial charge in [0.05, 0.1) is 11.8 Å². The van der Waals surface area contributed by atoms with Crippen LogP contribution < -0.4 is 0 Å². The van der Waals surface area contributed by atoms with E-state index >= 15 is 0 Å². The molecule has 0 atom stereocenters. The Hall–Kier alpha value is -2.37. The summed E-state index contributed by atoms with van der Waals surface area (Å²) in [4.78, 5) is 1.90. The number of alkyl halides is 3. The standard InChI is InChI=1S/C21H18F3NO4S3/c1-30-15-8-4-13(5-9-15)18-12-17(20(21(22,23)24)25-29-32(3,26)27)19(28-18)14-6-10-16(31-2)11-7-14/h4-12H,1-3H3. The Bertz CT molecular complexity index is 1220. The molecule has 5 nitrogen and oxygen atoms in total. The summed E-state index contributed by atoms with van der Waals surface area (Å²) in [6.07, 6.45) is -0.603. The van der Waals surface area contributed by atoms with Crippen molar-refractivity contribution in [3.63, 3.8) is 0 Å². The zero-order valence-corrected chi connectivity index (χ0v) is 19.6. The van der Waals surface area contributed by atoms with Crippen LogP contribution in [0.1, 0.15) is 5.56 Å². The normalized spacial score (nSPS) is 12.8. The molecule has 0 spiro atoms. The number of hydrogen-bond donors (Lipinski definition) is 0. The summed E-state index contributed by atoms with van der Waals surface area (Å²) in [5.41, 5.74) is -1.01. The lowest BCUT2D eigenvalue weighted by Crippen LogP contribution is -2.25. The van der Waals surface area contributed by atoms with E-state index < -0.39 is 27.6 Å². The number of furan rings is 1. The number of rotatable bonds is 7. The van der Waals surface area contributed by atoms with Crippen molar-refractivity contribution >= 4 is 39.4 Å². The van der Waals surface area contributed by atoms with Crippen LogP contribution in [0, 0.1) is 0 Å². The summed E-state index contributed by atoms with van der Waals surface area (Å²) >= 11 is 3.01. The Balaban J connectivity index is 2.21. The molecule has 0 aliphatic heterocycles. The van der Waals surface area contributed by atoms with E-state index in [4.69, 9.17) is 4.42 Å². The number of thioether (sulfide) groups is 2. The van der Waals surface area contributed by atoms with Crippen LogP contribution in [0.15, 0.2) is 74.0 Å². The predicted octanol–water partition coefficient (Wildman–Crippen LogP) is 6.30. The summed E-state index contributed by atoms with van der Waals surface area (Å²) in [6.45, 7) is 0. The highest BCUT2D eigenvalue weighted by molar-refractivity contribution is 7.98. The largest absolute Gasteiger partial charge is 0.455 e. The molecule has 0 bridgehead atoms. The van der Waals surface area contributed by atoms with Crippen molar-refractivity contribution in [1.82, 2.24) is 0 Å². The third-order valence-corrected chi connectivity index (χ3v) is 6.08. The van der Waals surface area contributed by atoms with E-state index in [1.54, 1.807) is 36.4 Å². The Kier molecular flexibility index (Phi) is 7.31. The topological polar surface area (TPSA) is 68.9 Å². The van der Waals surface area contributed by atoms with Crippen LogP contribution in [0.3, 0.4) is 0 Å². The highest BCUT2D eigenvalue weighted by atomic mass is 32.2. The molecule has 0 aliphatic rings. The lowest BCUT2D eigenvalue weighted by molar-refractivity contribution is -0.0596. The van der Waals surface area contributed by atoms with Crippen molar-refractivity contribution in [1.29, 1.82) is 0 Å². The van der Waals surface area contributed by atoms with Crippen LogP contribution in [0.25, 0.3) is 22.6 Å². The first-order chi connectivity index (χ1) is 15.0. The van der Waals surface area contributed by atoms with Crippen molar-refractivity contribution in [3.8, 4) is 22.6 Å². The number of oxime groups is 1. The third kappa shape index (κ3) is 5.90. The second-order valence-electron chi connectivity index (χ2n) is 6.53. The summed E-state index contributed by atoms with van der Waals surface area (Å²) < 4.78 is 74.1. The molecular weight excluding hydrogens is 483 g/mol. The van der Waals surface area contributed by atoms with Gasteiger partial charge in [0.25, 0.3) is 0 Å². The predicted molar refractivity (Wildman–Crippen MR) is 122 cm³/mol. The van der Waals surface area contributed by atoms with Gasteiger partial charge in [0, 0.05) is 20.9 Å². The highest BCUT2D eigenvalue weighted by Gasteiger charge is 2.41. The second kappa shape index (κ2) is 9.63. The van der Waals surface area contributed by atoms with E-state index in [1.165, 1.54) is 29.6 Å². The molecular formula is C21H18F3NO4S3. The molecule has 0 aliphatic carbocycles. The van der Waals surface area contributed by atoms with E-state index in [2.05, 4.69) is 9.44 Å². The molecule has 0 saturated heterocycles. The molecule has 0 amide bonds. The van der Waals surface area contributed by atoms with Gasteiger partial charge < -0.3 is 4.42 Å². The molecule has 0 fully saturated rings. The third-order valence-electron chi connectivity index (χ3n) is 4.25. The minimum Gasteiger partial charge on any atom is -0.455 e. The average Bonchev–Trinajstić information content (AvgIpc) is 3.17. The van der Waals surface area contributed by atoms with Gasteiger partial charge in [-0.1, -0.05) is 29.4 Å². The first-order valence-electron chi connectivity index (χ1n) is 8.98. The molecule has 3 aromatic rings. The minimum atomic E-state index is -5.00. The van der Waals surface area contributed by atoms with E-state index in [-0.39, 0.29) is 11.5 Å². The SMILES string of the molecule is CSc1ccc(-c2cc(C(=NOS(C)(=O)=O)C(F)(F)F)c(-c3ccc(SC)cc3)o2)cc1. The van der Waals surface area contributed by atoms with Gasteiger partial charge >= 0.3 is 16.3 Å². The first kappa shape index (κ1) is 24.3. The van der Waals surface area contributed by atoms with Crippen LogP contribution >= 0.6 is 23.5 Å². The van der Waals surface area contributed by atoms with Gasteiger partial charge in [-0.05, 0) is 42.8 Å². The molecule has 1 heterocycles.